The number of aryl methyl sites for hydroxylation is 2. The van der Waals surface area contributed by atoms with Crippen molar-refractivity contribution in [1.29, 1.82) is 0 Å². The highest BCUT2D eigenvalue weighted by atomic mass is 79.9. The fourth-order valence-corrected chi connectivity index (χ4v) is 2.14. The lowest BCUT2D eigenvalue weighted by molar-refractivity contribution is 0.0167. The first-order chi connectivity index (χ1) is 8.41. The van der Waals surface area contributed by atoms with Crippen molar-refractivity contribution in [2.45, 2.75) is 31.5 Å². The minimum atomic E-state index is -2.44. The van der Waals surface area contributed by atoms with Crippen LogP contribution in [0.15, 0.2) is 12.1 Å². The van der Waals surface area contributed by atoms with Gasteiger partial charge >= 0.3 is 0 Å². The summed E-state index contributed by atoms with van der Waals surface area (Å²) in [5.41, 5.74) is 2.11. The predicted molar refractivity (Wildman–Crippen MR) is 69.0 cm³/mol. The van der Waals surface area contributed by atoms with Gasteiger partial charge in [0, 0.05) is 11.4 Å². The number of rotatable bonds is 6. The third kappa shape index (κ3) is 4.61. The topological polar surface area (TPSA) is 9.23 Å². The molecule has 0 fully saturated rings. The predicted octanol–water partition coefficient (Wildman–Crippen LogP) is 4.55. The smallest absolute Gasteiger partial charge is 0.261 e. The highest BCUT2D eigenvalue weighted by molar-refractivity contribution is 9.09. The van der Waals surface area contributed by atoms with Crippen LogP contribution < -0.4 is 0 Å². The average molecular weight is 325 g/mol. The van der Waals surface area contributed by atoms with Crippen LogP contribution >= 0.6 is 15.9 Å². The van der Waals surface area contributed by atoms with Crippen molar-refractivity contribution in [1.82, 2.24) is 0 Å². The van der Waals surface area contributed by atoms with E-state index in [-0.39, 0.29) is 17.3 Å². The van der Waals surface area contributed by atoms with Gasteiger partial charge in [-0.25, -0.2) is 13.2 Å². The molecule has 0 bridgehead atoms. The van der Waals surface area contributed by atoms with Crippen molar-refractivity contribution in [2.24, 2.45) is 0 Å². The number of hydrogen-bond acceptors (Lipinski definition) is 1. The van der Waals surface area contributed by atoms with E-state index < -0.39 is 13.0 Å². The normalized spacial score (nSPS) is 13.1. The van der Waals surface area contributed by atoms with E-state index in [0.717, 1.165) is 5.56 Å². The number of benzene rings is 1. The molecule has 0 aliphatic carbocycles. The standard InChI is InChI=1S/C13H16BrF3O/c1-8-5-10(6-9(2)13(8)17)11(14)3-4-18-7-12(15)16/h5-6,11-12H,3-4,7H2,1-2H3. The summed E-state index contributed by atoms with van der Waals surface area (Å²) in [4.78, 5) is -0.0202. The summed E-state index contributed by atoms with van der Waals surface area (Å²) in [5.74, 6) is -0.201. The second-order valence-electron chi connectivity index (χ2n) is 4.19. The molecule has 1 atom stereocenters. The third-order valence-electron chi connectivity index (χ3n) is 2.58. The van der Waals surface area contributed by atoms with Crippen LogP contribution in [-0.4, -0.2) is 19.6 Å². The quantitative estimate of drug-likeness (QED) is 0.551. The second kappa shape index (κ2) is 7.14. The van der Waals surface area contributed by atoms with E-state index in [1.165, 1.54) is 0 Å². The Kier molecular flexibility index (Phi) is 6.15. The van der Waals surface area contributed by atoms with Gasteiger partial charge in [-0.05, 0) is 37.0 Å². The molecule has 1 aromatic rings. The van der Waals surface area contributed by atoms with Gasteiger partial charge in [0.2, 0.25) is 0 Å². The molecule has 0 aliphatic rings. The average Bonchev–Trinajstić information content (AvgIpc) is 2.30. The molecule has 0 aliphatic heterocycles. The fourth-order valence-electron chi connectivity index (χ4n) is 1.69. The van der Waals surface area contributed by atoms with E-state index in [9.17, 15) is 13.2 Å². The molecule has 0 radical (unpaired) electrons. The first-order valence-electron chi connectivity index (χ1n) is 5.68. The molecule has 0 saturated heterocycles. The summed E-state index contributed by atoms with van der Waals surface area (Å²) >= 11 is 3.46. The van der Waals surface area contributed by atoms with E-state index in [4.69, 9.17) is 4.74 Å². The molecule has 0 N–H and O–H groups in total. The van der Waals surface area contributed by atoms with E-state index in [1.807, 2.05) is 0 Å². The molecule has 1 rings (SSSR count). The minimum absolute atomic E-state index is 0.0202. The van der Waals surface area contributed by atoms with E-state index in [2.05, 4.69) is 15.9 Å². The van der Waals surface area contributed by atoms with E-state index >= 15 is 0 Å². The van der Waals surface area contributed by atoms with Gasteiger partial charge in [-0.1, -0.05) is 28.1 Å². The molecule has 18 heavy (non-hydrogen) atoms. The van der Waals surface area contributed by atoms with Crippen LogP contribution in [0.3, 0.4) is 0 Å². The van der Waals surface area contributed by atoms with E-state index in [0.29, 0.717) is 17.5 Å². The van der Waals surface area contributed by atoms with Crippen molar-refractivity contribution < 1.29 is 17.9 Å². The van der Waals surface area contributed by atoms with Crippen molar-refractivity contribution in [3.8, 4) is 0 Å². The summed E-state index contributed by atoms with van der Waals surface area (Å²) in [6, 6.07) is 3.52. The van der Waals surface area contributed by atoms with Crippen molar-refractivity contribution >= 4 is 15.9 Å². The molecule has 5 heteroatoms. The highest BCUT2D eigenvalue weighted by Gasteiger charge is 2.12. The van der Waals surface area contributed by atoms with Crippen LogP contribution in [0.1, 0.15) is 27.9 Å². The molecule has 0 amide bonds. The SMILES string of the molecule is Cc1cc(C(Br)CCOCC(F)F)cc(C)c1F. The molecule has 102 valence electrons. The number of ether oxygens (including phenoxy) is 1. The summed E-state index contributed by atoms with van der Waals surface area (Å²) in [6.07, 6.45) is -1.87. The summed E-state index contributed by atoms with van der Waals surface area (Å²) in [5, 5.41) is 0. The molecular formula is C13H16BrF3O. The lowest BCUT2D eigenvalue weighted by Gasteiger charge is -2.13. The monoisotopic (exact) mass is 324 g/mol. The van der Waals surface area contributed by atoms with Gasteiger partial charge in [-0.3, -0.25) is 0 Å². The highest BCUT2D eigenvalue weighted by Crippen LogP contribution is 2.29. The Labute approximate surface area is 113 Å². The third-order valence-corrected chi connectivity index (χ3v) is 3.57. The maximum Gasteiger partial charge on any atom is 0.261 e. The Morgan fingerprint density at radius 1 is 1.22 bits per heavy atom. The Bertz CT molecular complexity index is 373. The van der Waals surface area contributed by atoms with Gasteiger partial charge in [0.15, 0.2) is 0 Å². The number of hydrogen-bond donors (Lipinski definition) is 0. The van der Waals surface area contributed by atoms with Crippen LogP contribution in [0, 0.1) is 19.7 Å². The Hall–Kier alpha value is -0.550. The molecule has 1 aromatic carbocycles. The van der Waals surface area contributed by atoms with Gasteiger partial charge in [-0.15, -0.1) is 0 Å². The van der Waals surface area contributed by atoms with Gasteiger partial charge in [0.1, 0.15) is 12.4 Å². The summed E-state index contributed by atoms with van der Waals surface area (Å²) in [7, 11) is 0. The molecule has 0 heterocycles. The van der Waals surface area contributed by atoms with Crippen LogP contribution in [0.25, 0.3) is 0 Å². The van der Waals surface area contributed by atoms with Crippen molar-refractivity contribution in [2.75, 3.05) is 13.2 Å². The minimum Gasteiger partial charge on any atom is -0.375 e. The van der Waals surface area contributed by atoms with Gasteiger partial charge in [0.25, 0.3) is 6.43 Å². The second-order valence-corrected chi connectivity index (χ2v) is 5.30. The van der Waals surface area contributed by atoms with Crippen molar-refractivity contribution in [3.05, 3.63) is 34.6 Å². The molecule has 1 nitrogen and oxygen atoms in total. The zero-order chi connectivity index (χ0) is 13.7. The maximum absolute atomic E-state index is 13.4. The number of alkyl halides is 3. The van der Waals surface area contributed by atoms with Gasteiger partial charge in [0.05, 0.1) is 0 Å². The fraction of sp³-hybridized carbons (Fsp3) is 0.538. The molecule has 0 saturated carbocycles. The zero-order valence-electron chi connectivity index (χ0n) is 10.4. The molecular weight excluding hydrogens is 309 g/mol. The van der Waals surface area contributed by atoms with Crippen LogP contribution in [-0.2, 0) is 4.74 Å². The van der Waals surface area contributed by atoms with Crippen LogP contribution in [0.2, 0.25) is 0 Å². The first-order valence-corrected chi connectivity index (χ1v) is 6.60. The van der Waals surface area contributed by atoms with Gasteiger partial charge in [-0.2, -0.15) is 0 Å². The Morgan fingerprint density at radius 2 is 1.78 bits per heavy atom. The summed E-state index contributed by atoms with van der Waals surface area (Å²) in [6.45, 7) is 3.12. The lowest BCUT2D eigenvalue weighted by Crippen LogP contribution is -2.07. The van der Waals surface area contributed by atoms with Crippen LogP contribution in [0.4, 0.5) is 13.2 Å². The first kappa shape index (κ1) is 15.5. The molecule has 0 aromatic heterocycles. The zero-order valence-corrected chi connectivity index (χ0v) is 11.9. The Balaban J connectivity index is 2.54. The summed E-state index contributed by atoms with van der Waals surface area (Å²) < 4.78 is 42.0. The molecule has 0 spiro atoms. The van der Waals surface area contributed by atoms with Crippen molar-refractivity contribution in [3.63, 3.8) is 0 Å². The number of halogens is 4. The maximum atomic E-state index is 13.4. The largest absolute Gasteiger partial charge is 0.375 e. The molecule has 1 unspecified atom stereocenters. The van der Waals surface area contributed by atoms with Crippen LogP contribution in [0.5, 0.6) is 0 Å². The van der Waals surface area contributed by atoms with E-state index in [1.54, 1.807) is 26.0 Å². The van der Waals surface area contributed by atoms with Gasteiger partial charge < -0.3 is 4.74 Å². The Morgan fingerprint density at radius 3 is 2.28 bits per heavy atom. The lowest BCUT2D eigenvalue weighted by atomic mass is 10.0.